The van der Waals surface area contributed by atoms with Gasteiger partial charge < -0.3 is 5.32 Å². The minimum absolute atomic E-state index is 0.105. The number of nitrogens with one attached hydrogen (secondary N) is 3. The monoisotopic (exact) mass is 587 g/mol. The van der Waals surface area contributed by atoms with Crippen molar-refractivity contribution in [1.82, 2.24) is 25.9 Å². The number of aromatic nitrogens is 4. The van der Waals surface area contributed by atoms with Crippen molar-refractivity contribution in [2.75, 3.05) is 10.2 Å². The molecular weight excluding hydrogens is 558 g/mol. The number of anilines is 2. The summed E-state index contributed by atoms with van der Waals surface area (Å²) in [4.78, 5) is 27.7. The van der Waals surface area contributed by atoms with Gasteiger partial charge in [0.05, 0.1) is 6.54 Å². The minimum atomic E-state index is -0.343. The summed E-state index contributed by atoms with van der Waals surface area (Å²) in [5.41, 5.74) is 4.49. The van der Waals surface area contributed by atoms with E-state index in [1.54, 1.807) is 17.0 Å². The van der Waals surface area contributed by atoms with Gasteiger partial charge in [-0.05, 0) is 71.0 Å². The molecule has 0 aliphatic heterocycles. The molecule has 0 spiro atoms. The number of amides is 3. The summed E-state index contributed by atoms with van der Waals surface area (Å²) in [6.07, 6.45) is 6.32. The van der Waals surface area contributed by atoms with Gasteiger partial charge in [-0.25, -0.2) is 4.79 Å². The average molecular weight is 589 g/mol. The molecule has 1 heterocycles. The van der Waals surface area contributed by atoms with Crippen LogP contribution in [0.2, 0.25) is 0 Å². The molecule has 9 nitrogen and oxygen atoms in total. The highest BCUT2D eigenvalue weighted by atomic mass is 79.9. The molecule has 4 aromatic rings. The van der Waals surface area contributed by atoms with Crippen LogP contribution >= 0.6 is 15.9 Å². The number of benzene rings is 3. The first-order chi connectivity index (χ1) is 19.1. The molecule has 39 heavy (non-hydrogen) atoms. The number of H-pyrrole nitrogens is 1. The van der Waals surface area contributed by atoms with Gasteiger partial charge in [-0.2, -0.15) is 5.21 Å². The number of urea groups is 1. The topological polar surface area (TPSA) is 116 Å². The molecule has 0 radical (unpaired) electrons. The highest BCUT2D eigenvalue weighted by Gasteiger charge is 2.20. The number of halogens is 1. The van der Waals surface area contributed by atoms with Gasteiger partial charge in [-0.15, -0.1) is 5.10 Å². The predicted octanol–water partition coefficient (Wildman–Crippen LogP) is 6.18. The summed E-state index contributed by atoms with van der Waals surface area (Å²) in [5, 5.41) is 18.9. The fourth-order valence-corrected chi connectivity index (χ4v) is 5.31. The maximum atomic E-state index is 13.5. The van der Waals surface area contributed by atoms with Crippen LogP contribution in [0.4, 0.5) is 16.4 Å². The normalized spacial score (nSPS) is 13.6. The number of carbonyl (C=O) groups excluding carboxylic acids is 2. The lowest BCUT2D eigenvalue weighted by atomic mass is 9.84. The lowest BCUT2D eigenvalue weighted by Crippen LogP contribution is -2.39. The minimum Gasteiger partial charge on any atom is -0.334 e. The number of carbonyl (C=O) groups is 2. The van der Waals surface area contributed by atoms with Crippen LogP contribution in [-0.4, -0.2) is 32.6 Å². The summed E-state index contributed by atoms with van der Waals surface area (Å²) in [7, 11) is 0. The molecule has 1 fully saturated rings. The quantitative estimate of drug-likeness (QED) is 0.227. The van der Waals surface area contributed by atoms with Crippen LogP contribution in [0.15, 0.2) is 77.3 Å². The zero-order valence-corrected chi connectivity index (χ0v) is 23.0. The zero-order chi connectivity index (χ0) is 27.0. The fourth-order valence-electron chi connectivity index (χ4n) is 4.88. The van der Waals surface area contributed by atoms with Gasteiger partial charge in [0.2, 0.25) is 0 Å². The number of aromatic amines is 1. The molecule has 3 amide bonds. The highest BCUT2D eigenvalue weighted by molar-refractivity contribution is 9.10. The Balaban J connectivity index is 1.32. The van der Waals surface area contributed by atoms with Crippen molar-refractivity contribution >= 4 is 39.5 Å². The molecule has 1 aromatic heterocycles. The first kappa shape index (κ1) is 26.6. The first-order valence-electron chi connectivity index (χ1n) is 13.1. The number of nitrogens with zero attached hydrogens (tertiary/aromatic N) is 4. The molecule has 0 saturated heterocycles. The molecule has 1 aliphatic carbocycles. The third-order valence-corrected chi connectivity index (χ3v) is 7.82. The third kappa shape index (κ3) is 6.88. The van der Waals surface area contributed by atoms with Gasteiger partial charge in [0, 0.05) is 22.3 Å². The second kappa shape index (κ2) is 12.7. The summed E-state index contributed by atoms with van der Waals surface area (Å²) >= 11 is 3.55. The number of hydrogen-bond donors (Lipinski definition) is 3. The van der Waals surface area contributed by atoms with E-state index in [4.69, 9.17) is 0 Å². The maximum Gasteiger partial charge on any atom is 0.322 e. The van der Waals surface area contributed by atoms with Crippen molar-refractivity contribution in [1.29, 1.82) is 0 Å². The van der Waals surface area contributed by atoms with Crippen molar-refractivity contribution in [2.24, 2.45) is 0 Å². The van der Waals surface area contributed by atoms with Crippen LogP contribution in [0.3, 0.4) is 0 Å². The van der Waals surface area contributed by atoms with Crippen LogP contribution in [0.25, 0.3) is 0 Å². The first-order valence-corrected chi connectivity index (χ1v) is 13.9. The summed E-state index contributed by atoms with van der Waals surface area (Å²) in [6.45, 7) is 0.739. The highest BCUT2D eigenvalue weighted by Crippen LogP contribution is 2.33. The van der Waals surface area contributed by atoms with Crippen LogP contribution in [0.5, 0.6) is 0 Å². The summed E-state index contributed by atoms with van der Waals surface area (Å²) in [6, 6.07) is 23.1. The summed E-state index contributed by atoms with van der Waals surface area (Å²) in [5.74, 6) is 0.356. The molecule has 5 rings (SSSR count). The van der Waals surface area contributed by atoms with Crippen molar-refractivity contribution < 1.29 is 9.59 Å². The molecular formula is C29H30BrN7O2. The maximum absolute atomic E-state index is 13.5. The van der Waals surface area contributed by atoms with Crippen LogP contribution in [0, 0.1) is 0 Å². The van der Waals surface area contributed by atoms with Crippen LogP contribution < -0.4 is 15.5 Å². The number of tetrazole rings is 1. The summed E-state index contributed by atoms with van der Waals surface area (Å²) < 4.78 is 0.948. The lowest BCUT2D eigenvalue weighted by Gasteiger charge is -2.26. The van der Waals surface area contributed by atoms with E-state index in [2.05, 4.69) is 59.3 Å². The Kier molecular flexibility index (Phi) is 8.62. The Morgan fingerprint density at radius 3 is 2.38 bits per heavy atom. The van der Waals surface area contributed by atoms with Gasteiger partial charge in [0.15, 0.2) is 0 Å². The Labute approximate surface area is 235 Å². The third-order valence-electron chi connectivity index (χ3n) is 7.04. The van der Waals surface area contributed by atoms with Crippen molar-refractivity contribution in [2.45, 2.75) is 51.1 Å². The zero-order valence-electron chi connectivity index (χ0n) is 21.4. The fraction of sp³-hybridized carbons (Fsp3) is 0.276. The Morgan fingerprint density at radius 2 is 1.69 bits per heavy atom. The van der Waals surface area contributed by atoms with Crippen molar-refractivity contribution in [3.05, 3.63) is 99.5 Å². The molecule has 0 bridgehead atoms. The van der Waals surface area contributed by atoms with E-state index < -0.39 is 0 Å². The Hall–Kier alpha value is -4.05. The van der Waals surface area contributed by atoms with Gasteiger partial charge >= 0.3 is 6.03 Å². The molecule has 1 aliphatic rings. The van der Waals surface area contributed by atoms with E-state index in [0.717, 1.165) is 21.3 Å². The number of hydrogen-bond acceptors (Lipinski definition) is 5. The van der Waals surface area contributed by atoms with Crippen molar-refractivity contribution in [3.8, 4) is 0 Å². The lowest BCUT2D eigenvalue weighted by molar-refractivity contribution is 0.102. The van der Waals surface area contributed by atoms with E-state index in [0.29, 0.717) is 24.6 Å². The molecule has 200 valence electrons. The van der Waals surface area contributed by atoms with E-state index in [-0.39, 0.29) is 17.9 Å². The largest absolute Gasteiger partial charge is 0.334 e. The average Bonchev–Trinajstić information content (AvgIpc) is 3.49. The molecule has 0 atom stereocenters. The van der Waals surface area contributed by atoms with Crippen molar-refractivity contribution in [3.63, 3.8) is 0 Å². The van der Waals surface area contributed by atoms with Gasteiger partial charge in [-0.1, -0.05) is 82.8 Å². The molecule has 3 aromatic carbocycles. The standard InChI is InChI=1S/C29H30BrN7O2/c30-26-9-5-4-8-24(26)18-31-29(39)37(25-16-14-22(15-17-25)21-6-2-1-3-7-21)19-20-10-12-23(13-11-20)27(38)32-28-33-35-36-34-28/h4-5,8-17,21H,1-3,6-7,18-19H2,(H,31,39)(H2,32,33,34,35,36,38). The van der Waals surface area contributed by atoms with E-state index in [1.807, 2.05) is 48.5 Å². The molecule has 10 heteroatoms. The Bertz CT molecular complexity index is 1390. The predicted molar refractivity (Wildman–Crippen MR) is 153 cm³/mol. The molecule has 3 N–H and O–H groups in total. The van der Waals surface area contributed by atoms with Gasteiger partial charge in [-0.3, -0.25) is 15.0 Å². The van der Waals surface area contributed by atoms with Crippen LogP contribution in [0.1, 0.15) is 65.1 Å². The SMILES string of the molecule is O=C(Nc1nn[nH]n1)c1ccc(CN(C(=O)NCc2ccccc2Br)c2ccc(C3CCCCC3)cc2)cc1. The Morgan fingerprint density at radius 1 is 0.949 bits per heavy atom. The van der Waals surface area contributed by atoms with E-state index in [9.17, 15) is 9.59 Å². The van der Waals surface area contributed by atoms with Gasteiger partial charge in [0.25, 0.3) is 11.9 Å². The van der Waals surface area contributed by atoms with Crippen LogP contribution in [-0.2, 0) is 13.1 Å². The van der Waals surface area contributed by atoms with E-state index in [1.165, 1.54) is 37.7 Å². The number of rotatable bonds is 8. The molecule has 0 unspecified atom stereocenters. The molecule has 1 saturated carbocycles. The smallest absolute Gasteiger partial charge is 0.322 e. The second-order valence-electron chi connectivity index (χ2n) is 9.65. The second-order valence-corrected chi connectivity index (χ2v) is 10.5. The van der Waals surface area contributed by atoms with E-state index >= 15 is 0 Å². The van der Waals surface area contributed by atoms with Gasteiger partial charge in [0.1, 0.15) is 0 Å².